The first kappa shape index (κ1) is 17.8. The molecule has 138 valence electrons. The minimum atomic E-state index is 0.0694. The lowest BCUT2D eigenvalue weighted by molar-refractivity contribution is -0.134. The maximum absolute atomic E-state index is 12.7. The normalized spacial score (nSPS) is 20.8. The average molecular weight is 346 g/mol. The van der Waals surface area contributed by atoms with E-state index in [9.17, 15) is 4.79 Å². The molecule has 7 nitrogen and oxygen atoms in total. The first-order valence-electron chi connectivity index (χ1n) is 9.55. The predicted molar refractivity (Wildman–Crippen MR) is 101 cm³/mol. The van der Waals surface area contributed by atoms with Crippen molar-refractivity contribution in [2.45, 2.75) is 39.5 Å². The smallest absolute Gasteiger partial charge is 0.227 e. The Labute approximate surface area is 150 Å². The van der Waals surface area contributed by atoms with E-state index in [-0.39, 0.29) is 5.92 Å². The Morgan fingerprint density at radius 2 is 1.92 bits per heavy atom. The zero-order valence-corrected chi connectivity index (χ0v) is 15.4. The van der Waals surface area contributed by atoms with Crippen LogP contribution in [-0.2, 0) is 4.79 Å². The number of carbonyl (C=O) groups is 1. The van der Waals surface area contributed by atoms with Crippen molar-refractivity contribution in [1.29, 1.82) is 0 Å². The fourth-order valence-corrected chi connectivity index (χ4v) is 3.89. The first-order valence-corrected chi connectivity index (χ1v) is 9.55. The molecule has 2 N–H and O–H groups in total. The Bertz CT molecular complexity index is 597. The summed E-state index contributed by atoms with van der Waals surface area (Å²) >= 11 is 0. The molecule has 0 spiro atoms. The zero-order valence-electron chi connectivity index (χ0n) is 15.4. The summed E-state index contributed by atoms with van der Waals surface area (Å²) in [7, 11) is 0. The first-order chi connectivity index (χ1) is 12.1. The highest BCUT2D eigenvalue weighted by Crippen LogP contribution is 2.27. The van der Waals surface area contributed by atoms with E-state index in [0.29, 0.717) is 11.9 Å². The highest BCUT2D eigenvalue weighted by molar-refractivity contribution is 5.80. The van der Waals surface area contributed by atoms with Gasteiger partial charge in [0.2, 0.25) is 11.9 Å². The molecule has 0 aliphatic carbocycles. The molecule has 2 aliphatic heterocycles. The van der Waals surface area contributed by atoms with Gasteiger partial charge in [-0.25, -0.2) is 0 Å². The van der Waals surface area contributed by atoms with Crippen LogP contribution >= 0.6 is 0 Å². The van der Waals surface area contributed by atoms with E-state index in [1.807, 2.05) is 11.0 Å². The maximum Gasteiger partial charge on any atom is 0.227 e. The van der Waals surface area contributed by atoms with Gasteiger partial charge in [-0.3, -0.25) is 4.79 Å². The molecule has 1 atom stereocenters. The van der Waals surface area contributed by atoms with Gasteiger partial charge < -0.3 is 20.4 Å². The molecule has 1 aromatic heterocycles. The minimum Gasteiger partial charge on any atom is -0.368 e. The number of nitrogens with zero attached hydrogens (tertiary/aromatic N) is 5. The van der Waals surface area contributed by atoms with Crippen LogP contribution in [0.25, 0.3) is 0 Å². The minimum absolute atomic E-state index is 0.0694. The molecule has 3 rings (SSSR count). The van der Waals surface area contributed by atoms with Gasteiger partial charge >= 0.3 is 0 Å². The summed E-state index contributed by atoms with van der Waals surface area (Å²) in [5, 5.41) is 0. The molecule has 0 aromatic carbocycles. The van der Waals surface area contributed by atoms with Gasteiger partial charge in [-0.2, -0.15) is 9.97 Å². The summed E-state index contributed by atoms with van der Waals surface area (Å²) in [5.41, 5.74) is 5.96. The lowest BCUT2D eigenvalue weighted by Crippen LogP contribution is -2.44. The summed E-state index contributed by atoms with van der Waals surface area (Å²) in [5.74, 6) is 2.38. The molecule has 25 heavy (non-hydrogen) atoms. The van der Waals surface area contributed by atoms with Gasteiger partial charge in [-0.15, -0.1) is 0 Å². The number of likely N-dealkylation sites (tertiary alicyclic amines) is 1. The Kier molecular flexibility index (Phi) is 5.60. The summed E-state index contributed by atoms with van der Waals surface area (Å²) in [6.07, 6.45) is 4.25. The number of nitrogens with two attached hydrogens (primary N) is 1. The van der Waals surface area contributed by atoms with Crippen LogP contribution in [-0.4, -0.2) is 60.0 Å². The van der Waals surface area contributed by atoms with Crippen LogP contribution in [0.4, 0.5) is 17.6 Å². The molecule has 0 unspecified atom stereocenters. The van der Waals surface area contributed by atoms with Crippen molar-refractivity contribution >= 4 is 23.5 Å². The van der Waals surface area contributed by atoms with E-state index in [1.165, 1.54) is 0 Å². The Balaban J connectivity index is 1.75. The van der Waals surface area contributed by atoms with E-state index in [0.717, 1.165) is 76.6 Å². The number of amides is 1. The molecule has 2 fully saturated rings. The van der Waals surface area contributed by atoms with Crippen LogP contribution in [0.3, 0.4) is 0 Å². The van der Waals surface area contributed by atoms with Crippen LogP contribution < -0.4 is 15.5 Å². The lowest BCUT2D eigenvalue weighted by Gasteiger charge is -2.35. The molecule has 0 bridgehead atoms. The zero-order chi connectivity index (χ0) is 17.8. The second-order valence-electron chi connectivity index (χ2n) is 6.93. The van der Waals surface area contributed by atoms with Gasteiger partial charge in [0, 0.05) is 45.3 Å². The predicted octanol–water partition coefficient (Wildman–Crippen LogP) is 1.74. The second-order valence-corrected chi connectivity index (χ2v) is 6.93. The number of piperidine rings is 1. The van der Waals surface area contributed by atoms with Gasteiger partial charge in [-0.1, -0.05) is 0 Å². The molecular weight excluding hydrogens is 316 g/mol. The molecule has 2 aliphatic rings. The number of rotatable bonds is 5. The number of aromatic nitrogens is 2. The van der Waals surface area contributed by atoms with E-state index in [2.05, 4.69) is 33.6 Å². The van der Waals surface area contributed by atoms with Gasteiger partial charge in [-0.05, 0) is 39.5 Å². The van der Waals surface area contributed by atoms with Crippen molar-refractivity contribution in [3.63, 3.8) is 0 Å². The summed E-state index contributed by atoms with van der Waals surface area (Å²) in [6.45, 7) is 9.44. The van der Waals surface area contributed by atoms with Gasteiger partial charge in [0.05, 0.1) is 5.92 Å². The van der Waals surface area contributed by atoms with Crippen molar-refractivity contribution in [2.75, 3.05) is 54.8 Å². The van der Waals surface area contributed by atoms with Crippen molar-refractivity contribution in [1.82, 2.24) is 14.9 Å². The highest BCUT2D eigenvalue weighted by Gasteiger charge is 2.31. The summed E-state index contributed by atoms with van der Waals surface area (Å²) < 4.78 is 0. The van der Waals surface area contributed by atoms with E-state index < -0.39 is 0 Å². The molecule has 3 heterocycles. The molecular formula is C18H30N6O. The van der Waals surface area contributed by atoms with Crippen molar-refractivity contribution < 1.29 is 4.79 Å². The van der Waals surface area contributed by atoms with Crippen LogP contribution in [0.2, 0.25) is 0 Å². The maximum atomic E-state index is 12.7. The van der Waals surface area contributed by atoms with Gasteiger partial charge in [0.15, 0.2) is 0 Å². The molecule has 2 saturated heterocycles. The quantitative estimate of drug-likeness (QED) is 0.875. The molecule has 0 radical (unpaired) electrons. The van der Waals surface area contributed by atoms with E-state index in [1.54, 1.807) is 0 Å². The monoisotopic (exact) mass is 346 g/mol. The SMILES string of the molecule is CCN(CC)c1cc(N2CCC[C@@H](C(=O)N3CCCC3)C2)nc(N)n1. The number of nitrogen functional groups attached to an aromatic ring is 1. The number of hydrogen-bond donors (Lipinski definition) is 1. The topological polar surface area (TPSA) is 78.6 Å². The van der Waals surface area contributed by atoms with Crippen molar-refractivity contribution in [3.8, 4) is 0 Å². The third-order valence-corrected chi connectivity index (χ3v) is 5.32. The van der Waals surface area contributed by atoms with Crippen molar-refractivity contribution in [2.24, 2.45) is 5.92 Å². The van der Waals surface area contributed by atoms with Gasteiger partial charge in [0.1, 0.15) is 11.6 Å². The standard InChI is InChI=1S/C18H30N6O/c1-3-22(4-2)15-12-16(21-18(19)20-15)24-11-7-8-14(13-24)17(25)23-9-5-6-10-23/h12,14H,3-11,13H2,1-2H3,(H2,19,20,21)/t14-/m1/s1. The third kappa shape index (κ3) is 3.96. The number of anilines is 3. The van der Waals surface area contributed by atoms with Crippen LogP contribution in [0.1, 0.15) is 39.5 Å². The van der Waals surface area contributed by atoms with E-state index >= 15 is 0 Å². The summed E-state index contributed by atoms with van der Waals surface area (Å²) in [6, 6.07) is 2.01. The lowest BCUT2D eigenvalue weighted by atomic mass is 9.96. The number of hydrogen-bond acceptors (Lipinski definition) is 6. The Morgan fingerprint density at radius 1 is 1.20 bits per heavy atom. The highest BCUT2D eigenvalue weighted by atomic mass is 16.2. The largest absolute Gasteiger partial charge is 0.368 e. The summed E-state index contributed by atoms with van der Waals surface area (Å²) in [4.78, 5) is 28.0. The molecule has 1 amide bonds. The van der Waals surface area contributed by atoms with Crippen LogP contribution in [0.5, 0.6) is 0 Å². The Hall–Kier alpha value is -2.05. The fraction of sp³-hybridized carbons (Fsp3) is 0.722. The molecule has 1 aromatic rings. The third-order valence-electron chi connectivity index (χ3n) is 5.32. The molecule has 0 saturated carbocycles. The van der Waals surface area contributed by atoms with Gasteiger partial charge in [0.25, 0.3) is 0 Å². The van der Waals surface area contributed by atoms with E-state index in [4.69, 9.17) is 5.73 Å². The average Bonchev–Trinajstić information content (AvgIpc) is 3.16. The fourth-order valence-electron chi connectivity index (χ4n) is 3.89. The second kappa shape index (κ2) is 7.89. The Morgan fingerprint density at radius 3 is 2.60 bits per heavy atom. The van der Waals surface area contributed by atoms with Crippen molar-refractivity contribution in [3.05, 3.63) is 6.07 Å². The van der Waals surface area contributed by atoms with Crippen LogP contribution in [0.15, 0.2) is 6.07 Å². The number of carbonyl (C=O) groups excluding carboxylic acids is 1. The van der Waals surface area contributed by atoms with Crippen LogP contribution in [0, 0.1) is 5.92 Å². The molecule has 7 heteroatoms.